The molecule has 19 heavy (non-hydrogen) atoms. The van der Waals surface area contributed by atoms with Crippen LogP contribution in [0.4, 0.5) is 4.79 Å². The summed E-state index contributed by atoms with van der Waals surface area (Å²) in [6.45, 7) is 9.07. The Kier molecular flexibility index (Phi) is 5.20. The van der Waals surface area contributed by atoms with Crippen LogP contribution in [0.1, 0.15) is 47.0 Å². The molecule has 0 saturated carbocycles. The zero-order chi connectivity index (χ0) is 14.6. The highest BCUT2D eigenvalue weighted by Gasteiger charge is 2.33. The maximum absolute atomic E-state index is 12.2. The maximum Gasteiger partial charge on any atom is 0.326 e. The van der Waals surface area contributed by atoms with Gasteiger partial charge in [0.1, 0.15) is 6.04 Å². The fraction of sp³-hybridized carbons (Fsp3) is 0.857. The molecule has 1 aliphatic heterocycles. The predicted molar refractivity (Wildman–Crippen MR) is 74.0 cm³/mol. The van der Waals surface area contributed by atoms with Crippen LogP contribution in [0, 0.1) is 11.3 Å². The molecule has 0 aliphatic carbocycles. The highest BCUT2D eigenvalue weighted by Crippen LogP contribution is 2.21. The molecule has 0 radical (unpaired) electrons. The Balaban J connectivity index is 2.64. The molecule has 0 aromatic rings. The summed E-state index contributed by atoms with van der Waals surface area (Å²) in [5.74, 6) is -0.347. The molecule has 0 bridgehead atoms. The monoisotopic (exact) mass is 270 g/mol. The molecule has 2 N–H and O–H groups in total. The topological polar surface area (TPSA) is 69.6 Å². The molecule has 2 unspecified atom stereocenters. The van der Waals surface area contributed by atoms with Gasteiger partial charge in [0.05, 0.1) is 0 Å². The molecule has 0 aromatic carbocycles. The summed E-state index contributed by atoms with van der Waals surface area (Å²) in [6, 6.07) is -1.11. The molecule has 0 aromatic heterocycles. The van der Waals surface area contributed by atoms with Crippen molar-refractivity contribution in [3.8, 4) is 0 Å². The second kappa shape index (κ2) is 6.26. The number of rotatable bonds is 2. The lowest BCUT2D eigenvalue weighted by molar-refractivity contribution is -0.142. The van der Waals surface area contributed by atoms with Crippen molar-refractivity contribution >= 4 is 12.0 Å². The number of nitrogens with zero attached hydrogens (tertiary/aromatic N) is 1. The molecule has 2 amide bonds. The van der Waals surface area contributed by atoms with Gasteiger partial charge in [-0.2, -0.15) is 0 Å². The standard InChI is InChI=1S/C14H26N2O3/c1-10-6-5-8-16(9-7-10)13(19)15-11(12(17)18)14(2,3)4/h10-11H,5-9H2,1-4H3,(H,15,19)(H,17,18). The van der Waals surface area contributed by atoms with Gasteiger partial charge in [0.15, 0.2) is 0 Å². The summed E-state index contributed by atoms with van der Waals surface area (Å²) in [5, 5.41) is 11.9. The molecule has 110 valence electrons. The Labute approximate surface area is 115 Å². The van der Waals surface area contributed by atoms with Crippen molar-refractivity contribution in [1.82, 2.24) is 10.2 Å². The fourth-order valence-corrected chi connectivity index (χ4v) is 2.33. The number of carbonyl (C=O) groups is 2. The zero-order valence-electron chi connectivity index (χ0n) is 12.4. The highest BCUT2D eigenvalue weighted by molar-refractivity contribution is 5.83. The van der Waals surface area contributed by atoms with E-state index in [2.05, 4.69) is 12.2 Å². The first-order valence-electron chi connectivity index (χ1n) is 7.00. The Morgan fingerprint density at radius 2 is 1.89 bits per heavy atom. The average Bonchev–Trinajstić information content (AvgIpc) is 2.48. The minimum Gasteiger partial charge on any atom is -0.480 e. The van der Waals surface area contributed by atoms with Crippen LogP contribution >= 0.6 is 0 Å². The highest BCUT2D eigenvalue weighted by atomic mass is 16.4. The summed E-state index contributed by atoms with van der Waals surface area (Å²) in [5.41, 5.74) is -0.499. The molecular formula is C14H26N2O3. The molecule has 1 heterocycles. The molecule has 1 rings (SSSR count). The van der Waals surface area contributed by atoms with Gasteiger partial charge in [-0.1, -0.05) is 27.7 Å². The van der Waals surface area contributed by atoms with E-state index in [-0.39, 0.29) is 6.03 Å². The fourth-order valence-electron chi connectivity index (χ4n) is 2.33. The normalized spacial score (nSPS) is 22.5. The lowest BCUT2D eigenvalue weighted by Crippen LogP contribution is -2.53. The molecule has 5 heteroatoms. The van der Waals surface area contributed by atoms with E-state index in [1.54, 1.807) is 4.90 Å². The molecule has 2 atom stereocenters. The van der Waals surface area contributed by atoms with Gasteiger partial charge in [0.2, 0.25) is 0 Å². The van der Waals surface area contributed by atoms with Gasteiger partial charge in [0, 0.05) is 13.1 Å². The van der Waals surface area contributed by atoms with Crippen LogP contribution < -0.4 is 5.32 Å². The lowest BCUT2D eigenvalue weighted by atomic mass is 9.87. The first-order valence-corrected chi connectivity index (χ1v) is 7.00. The van der Waals surface area contributed by atoms with E-state index in [1.165, 1.54) is 0 Å². The van der Waals surface area contributed by atoms with Crippen LogP contribution in [-0.4, -0.2) is 41.1 Å². The summed E-state index contributed by atoms with van der Waals surface area (Å²) in [4.78, 5) is 25.2. The zero-order valence-corrected chi connectivity index (χ0v) is 12.4. The van der Waals surface area contributed by atoms with Crippen molar-refractivity contribution < 1.29 is 14.7 Å². The van der Waals surface area contributed by atoms with Gasteiger partial charge < -0.3 is 15.3 Å². The molecule has 1 saturated heterocycles. The molecular weight excluding hydrogens is 244 g/mol. The molecule has 0 spiro atoms. The number of nitrogens with one attached hydrogen (secondary N) is 1. The summed E-state index contributed by atoms with van der Waals surface area (Å²) >= 11 is 0. The Hall–Kier alpha value is -1.26. The van der Waals surface area contributed by atoms with Gasteiger partial charge >= 0.3 is 12.0 Å². The quantitative estimate of drug-likeness (QED) is 0.809. The van der Waals surface area contributed by atoms with Crippen molar-refractivity contribution in [1.29, 1.82) is 0 Å². The van der Waals surface area contributed by atoms with Gasteiger partial charge in [-0.3, -0.25) is 0 Å². The number of hydrogen-bond donors (Lipinski definition) is 2. The largest absolute Gasteiger partial charge is 0.480 e. The summed E-state index contributed by atoms with van der Waals surface area (Å²) in [6.07, 6.45) is 3.11. The number of likely N-dealkylation sites (tertiary alicyclic amines) is 1. The lowest BCUT2D eigenvalue weighted by Gasteiger charge is -2.30. The van der Waals surface area contributed by atoms with Crippen molar-refractivity contribution in [2.45, 2.75) is 53.0 Å². The SMILES string of the molecule is CC1CCCN(C(=O)NC(C(=O)O)C(C)(C)C)CC1. The van der Waals surface area contributed by atoms with Crippen LogP contribution in [0.3, 0.4) is 0 Å². The number of carboxylic acid groups (broad SMARTS) is 1. The van der Waals surface area contributed by atoms with Crippen molar-refractivity contribution in [2.24, 2.45) is 11.3 Å². The van der Waals surface area contributed by atoms with E-state index < -0.39 is 17.4 Å². The van der Waals surface area contributed by atoms with E-state index in [9.17, 15) is 14.7 Å². The predicted octanol–water partition coefficient (Wildman–Crippen LogP) is 2.32. The first-order chi connectivity index (χ1) is 8.71. The second-order valence-corrected chi connectivity index (χ2v) is 6.61. The third-order valence-electron chi connectivity index (χ3n) is 3.68. The average molecular weight is 270 g/mol. The molecule has 1 aliphatic rings. The number of aliphatic carboxylic acids is 1. The van der Waals surface area contributed by atoms with Crippen LogP contribution in [0.15, 0.2) is 0 Å². The number of hydrogen-bond acceptors (Lipinski definition) is 2. The van der Waals surface area contributed by atoms with Crippen LogP contribution in [0.5, 0.6) is 0 Å². The number of carboxylic acids is 1. The van der Waals surface area contributed by atoms with Gasteiger partial charge in [-0.05, 0) is 30.6 Å². The third-order valence-corrected chi connectivity index (χ3v) is 3.68. The number of amides is 2. The minimum absolute atomic E-state index is 0.253. The summed E-state index contributed by atoms with van der Waals surface area (Å²) < 4.78 is 0. The Morgan fingerprint density at radius 3 is 2.42 bits per heavy atom. The van der Waals surface area contributed by atoms with E-state index in [4.69, 9.17) is 0 Å². The van der Waals surface area contributed by atoms with Crippen molar-refractivity contribution in [3.05, 3.63) is 0 Å². The smallest absolute Gasteiger partial charge is 0.326 e. The second-order valence-electron chi connectivity index (χ2n) is 6.61. The minimum atomic E-state index is -0.982. The molecule has 5 nitrogen and oxygen atoms in total. The van der Waals surface area contributed by atoms with Crippen molar-refractivity contribution in [3.63, 3.8) is 0 Å². The van der Waals surface area contributed by atoms with Gasteiger partial charge in [0.25, 0.3) is 0 Å². The number of urea groups is 1. The Morgan fingerprint density at radius 1 is 1.26 bits per heavy atom. The molecule has 1 fully saturated rings. The van der Waals surface area contributed by atoms with Gasteiger partial charge in [-0.15, -0.1) is 0 Å². The van der Waals surface area contributed by atoms with Crippen LogP contribution in [0.2, 0.25) is 0 Å². The van der Waals surface area contributed by atoms with Gasteiger partial charge in [-0.25, -0.2) is 9.59 Å². The van der Waals surface area contributed by atoms with E-state index in [0.717, 1.165) is 19.3 Å². The Bertz CT molecular complexity index is 336. The summed E-state index contributed by atoms with van der Waals surface area (Å²) in [7, 11) is 0. The first kappa shape index (κ1) is 15.8. The van der Waals surface area contributed by atoms with Crippen molar-refractivity contribution in [2.75, 3.05) is 13.1 Å². The van der Waals surface area contributed by atoms with E-state index in [0.29, 0.717) is 19.0 Å². The maximum atomic E-state index is 12.2. The number of carbonyl (C=O) groups excluding carboxylic acids is 1. The third kappa shape index (κ3) is 4.73. The van der Waals surface area contributed by atoms with Crippen LogP contribution in [-0.2, 0) is 4.79 Å². The van der Waals surface area contributed by atoms with E-state index >= 15 is 0 Å². The van der Waals surface area contributed by atoms with Crippen LogP contribution in [0.25, 0.3) is 0 Å². The van der Waals surface area contributed by atoms with E-state index in [1.807, 2.05) is 20.8 Å².